The lowest BCUT2D eigenvalue weighted by molar-refractivity contribution is -0.127. The molecule has 0 saturated carbocycles. The van der Waals surface area contributed by atoms with E-state index in [4.69, 9.17) is 0 Å². The predicted octanol–water partition coefficient (Wildman–Crippen LogP) is 2.81. The Morgan fingerprint density at radius 3 is 2.96 bits per heavy atom. The Labute approximate surface area is 145 Å². The zero-order valence-electron chi connectivity index (χ0n) is 12.7. The van der Waals surface area contributed by atoms with E-state index in [0.717, 1.165) is 5.56 Å². The second-order valence-corrected chi connectivity index (χ2v) is 7.70. The van der Waals surface area contributed by atoms with Crippen LogP contribution in [-0.2, 0) is 18.4 Å². The second kappa shape index (κ2) is 6.86. The number of nitrogens with zero attached hydrogens (tertiary/aromatic N) is 3. The minimum atomic E-state index is -0.0634. The molecular weight excluding hydrogens is 350 g/mol. The highest BCUT2D eigenvalue weighted by atomic mass is 32.2. The molecule has 3 aromatic heterocycles. The van der Waals surface area contributed by atoms with Gasteiger partial charge in [-0.25, -0.2) is 4.98 Å². The van der Waals surface area contributed by atoms with Crippen molar-refractivity contribution < 1.29 is 4.79 Å². The molecule has 0 saturated heterocycles. The number of rotatable bonds is 5. The van der Waals surface area contributed by atoms with E-state index >= 15 is 0 Å². The van der Waals surface area contributed by atoms with Gasteiger partial charge in [-0.15, -0.1) is 11.3 Å². The maximum atomic E-state index is 12.2. The molecule has 0 bridgehead atoms. The molecule has 1 amide bonds. The van der Waals surface area contributed by atoms with E-state index in [-0.39, 0.29) is 17.2 Å². The summed E-state index contributed by atoms with van der Waals surface area (Å²) in [5, 5.41) is 6.45. The van der Waals surface area contributed by atoms with E-state index in [9.17, 15) is 9.59 Å². The van der Waals surface area contributed by atoms with Crippen LogP contribution in [0.1, 0.15) is 5.56 Å². The van der Waals surface area contributed by atoms with E-state index in [2.05, 4.69) is 4.98 Å². The lowest BCUT2D eigenvalue weighted by atomic mass is 10.3. The van der Waals surface area contributed by atoms with Gasteiger partial charge in [0.05, 0.1) is 11.3 Å². The standard InChI is InChI=1S/C15H15N3O2S3/c1-17(7-10-3-5-21-8-10)12(19)9-23-15-16-11-4-6-22-13(11)14(20)18(15)2/h3-6,8H,7,9H2,1-2H3. The van der Waals surface area contributed by atoms with E-state index in [1.165, 1.54) is 27.7 Å². The first-order valence-electron chi connectivity index (χ1n) is 6.88. The Morgan fingerprint density at radius 2 is 2.22 bits per heavy atom. The third-order valence-corrected chi connectivity index (χ3v) is 6.04. The fourth-order valence-electron chi connectivity index (χ4n) is 2.08. The average Bonchev–Trinajstić information content (AvgIpc) is 3.20. The maximum absolute atomic E-state index is 12.2. The van der Waals surface area contributed by atoms with Crippen molar-refractivity contribution in [2.45, 2.75) is 11.7 Å². The van der Waals surface area contributed by atoms with Crippen LogP contribution in [0.5, 0.6) is 0 Å². The monoisotopic (exact) mass is 365 g/mol. The van der Waals surface area contributed by atoms with Crippen molar-refractivity contribution >= 4 is 50.6 Å². The summed E-state index contributed by atoms with van der Waals surface area (Å²) >= 11 is 4.30. The van der Waals surface area contributed by atoms with Gasteiger partial charge in [-0.05, 0) is 33.8 Å². The van der Waals surface area contributed by atoms with Gasteiger partial charge in [-0.1, -0.05) is 11.8 Å². The van der Waals surface area contributed by atoms with Crippen LogP contribution in [0.2, 0.25) is 0 Å². The molecular formula is C15H15N3O2S3. The van der Waals surface area contributed by atoms with Crippen molar-refractivity contribution in [1.82, 2.24) is 14.5 Å². The summed E-state index contributed by atoms with van der Waals surface area (Å²) in [6, 6.07) is 3.84. The van der Waals surface area contributed by atoms with Crippen molar-refractivity contribution in [3.05, 3.63) is 44.2 Å². The van der Waals surface area contributed by atoms with Gasteiger partial charge in [-0.2, -0.15) is 11.3 Å². The Kier molecular flexibility index (Phi) is 4.84. The van der Waals surface area contributed by atoms with Gasteiger partial charge in [0.25, 0.3) is 5.56 Å². The molecule has 0 radical (unpaired) electrons. The molecule has 5 nitrogen and oxygen atoms in total. The molecule has 0 atom stereocenters. The zero-order valence-corrected chi connectivity index (χ0v) is 15.1. The third-order valence-electron chi connectivity index (χ3n) is 3.40. The molecule has 0 fully saturated rings. The first kappa shape index (κ1) is 16.2. The first-order chi connectivity index (χ1) is 11.1. The van der Waals surface area contributed by atoms with E-state index in [1.807, 2.05) is 28.3 Å². The maximum Gasteiger partial charge on any atom is 0.271 e. The number of hydrogen-bond acceptors (Lipinski definition) is 6. The summed E-state index contributed by atoms with van der Waals surface area (Å²) in [5.74, 6) is 0.275. The fraction of sp³-hybridized carbons (Fsp3) is 0.267. The molecule has 0 aliphatic rings. The van der Waals surface area contributed by atoms with Crippen molar-refractivity contribution in [2.75, 3.05) is 12.8 Å². The summed E-state index contributed by atoms with van der Waals surface area (Å²) in [6.07, 6.45) is 0. The minimum absolute atomic E-state index is 0.0147. The Hall–Kier alpha value is -1.64. The van der Waals surface area contributed by atoms with Crippen molar-refractivity contribution in [3.63, 3.8) is 0 Å². The number of hydrogen-bond donors (Lipinski definition) is 0. The highest BCUT2D eigenvalue weighted by Crippen LogP contribution is 2.20. The Balaban J connectivity index is 1.69. The highest BCUT2D eigenvalue weighted by Gasteiger charge is 2.14. The summed E-state index contributed by atoms with van der Waals surface area (Å²) < 4.78 is 2.16. The van der Waals surface area contributed by atoms with Crippen LogP contribution in [0.25, 0.3) is 10.2 Å². The van der Waals surface area contributed by atoms with Crippen LogP contribution >= 0.6 is 34.4 Å². The molecule has 0 N–H and O–H groups in total. The topological polar surface area (TPSA) is 55.2 Å². The zero-order chi connectivity index (χ0) is 16.4. The SMILES string of the molecule is CN(Cc1ccsc1)C(=O)CSc1nc2ccsc2c(=O)n1C. The third kappa shape index (κ3) is 3.49. The van der Waals surface area contributed by atoms with Crippen LogP contribution in [0, 0.1) is 0 Å². The number of fused-ring (bicyclic) bond motifs is 1. The van der Waals surface area contributed by atoms with Crippen LogP contribution in [0.15, 0.2) is 38.2 Å². The average molecular weight is 366 g/mol. The normalized spacial score (nSPS) is 11.0. The van der Waals surface area contributed by atoms with Crippen molar-refractivity contribution in [1.29, 1.82) is 0 Å². The van der Waals surface area contributed by atoms with Gasteiger partial charge in [0.2, 0.25) is 5.91 Å². The van der Waals surface area contributed by atoms with Gasteiger partial charge in [0.15, 0.2) is 5.16 Å². The number of carbonyl (C=O) groups is 1. The van der Waals surface area contributed by atoms with Gasteiger partial charge >= 0.3 is 0 Å². The number of thioether (sulfide) groups is 1. The molecule has 0 spiro atoms. The smallest absolute Gasteiger partial charge is 0.271 e. The molecule has 0 aliphatic heterocycles. The molecule has 8 heteroatoms. The van der Waals surface area contributed by atoms with Gasteiger partial charge in [0, 0.05) is 20.6 Å². The first-order valence-corrected chi connectivity index (χ1v) is 9.69. The van der Waals surface area contributed by atoms with E-state index in [0.29, 0.717) is 21.9 Å². The summed E-state index contributed by atoms with van der Waals surface area (Å²) in [7, 11) is 3.48. The molecule has 3 rings (SSSR count). The molecule has 0 aromatic carbocycles. The number of carbonyl (C=O) groups excluding carboxylic acids is 1. The van der Waals surface area contributed by atoms with Crippen molar-refractivity contribution in [2.24, 2.45) is 7.05 Å². The van der Waals surface area contributed by atoms with Gasteiger partial charge in [0.1, 0.15) is 4.70 Å². The van der Waals surface area contributed by atoms with Crippen LogP contribution in [0.4, 0.5) is 0 Å². The molecule has 3 aromatic rings. The van der Waals surface area contributed by atoms with Gasteiger partial charge in [-0.3, -0.25) is 14.2 Å². The molecule has 23 heavy (non-hydrogen) atoms. The van der Waals surface area contributed by atoms with E-state index in [1.54, 1.807) is 30.3 Å². The Bertz CT molecular complexity index is 883. The minimum Gasteiger partial charge on any atom is -0.341 e. The quantitative estimate of drug-likeness (QED) is 0.515. The molecule has 3 heterocycles. The summed E-state index contributed by atoms with van der Waals surface area (Å²) in [5.41, 5.74) is 1.76. The summed E-state index contributed by atoms with van der Waals surface area (Å²) in [4.78, 5) is 30.6. The fourth-order valence-corrected chi connectivity index (χ4v) is 4.46. The lowest BCUT2D eigenvalue weighted by Gasteiger charge is -2.16. The largest absolute Gasteiger partial charge is 0.341 e. The Morgan fingerprint density at radius 1 is 1.39 bits per heavy atom. The number of aromatic nitrogens is 2. The van der Waals surface area contributed by atoms with E-state index < -0.39 is 0 Å². The second-order valence-electron chi connectivity index (χ2n) is 5.06. The van der Waals surface area contributed by atoms with Gasteiger partial charge < -0.3 is 4.90 Å². The highest BCUT2D eigenvalue weighted by molar-refractivity contribution is 7.99. The van der Waals surface area contributed by atoms with Crippen LogP contribution in [0.3, 0.4) is 0 Å². The summed E-state index contributed by atoms with van der Waals surface area (Å²) in [6.45, 7) is 0.596. The predicted molar refractivity (Wildman–Crippen MR) is 96.4 cm³/mol. The lowest BCUT2D eigenvalue weighted by Crippen LogP contribution is -2.28. The van der Waals surface area contributed by atoms with Crippen LogP contribution < -0.4 is 5.56 Å². The number of amides is 1. The number of thiophene rings is 2. The molecule has 120 valence electrons. The van der Waals surface area contributed by atoms with Crippen LogP contribution in [-0.4, -0.2) is 33.2 Å². The van der Waals surface area contributed by atoms with Crippen molar-refractivity contribution in [3.8, 4) is 0 Å². The molecule has 0 aliphatic carbocycles. The molecule has 0 unspecified atom stereocenters.